The maximum atomic E-state index is 12.1. The molecule has 0 atom stereocenters. The molecule has 0 radical (unpaired) electrons. The van der Waals surface area contributed by atoms with Gasteiger partial charge in [-0.05, 0) is 18.2 Å². The van der Waals surface area contributed by atoms with E-state index in [1.165, 1.54) is 0 Å². The predicted octanol–water partition coefficient (Wildman–Crippen LogP) is 2.28. The monoisotopic (exact) mass is 332 g/mol. The van der Waals surface area contributed by atoms with Crippen molar-refractivity contribution in [2.45, 2.75) is 0 Å². The van der Waals surface area contributed by atoms with Gasteiger partial charge in [-0.2, -0.15) is 5.10 Å². The first-order valence-electron chi connectivity index (χ1n) is 7.70. The van der Waals surface area contributed by atoms with E-state index in [4.69, 9.17) is 4.74 Å². The molecule has 0 saturated heterocycles. The molecule has 0 spiro atoms. The number of carbonyl (C=O) groups is 1. The van der Waals surface area contributed by atoms with E-state index in [1.807, 2.05) is 30.3 Å². The quantitative estimate of drug-likeness (QED) is 0.703. The zero-order valence-corrected chi connectivity index (χ0v) is 13.4. The van der Waals surface area contributed by atoms with Gasteiger partial charge in [0.05, 0.1) is 18.4 Å². The Morgan fingerprint density at radius 3 is 2.84 bits per heavy atom. The Hall–Kier alpha value is -3.59. The number of carbonyl (C=O) groups excluding carboxylic acids is 1. The van der Waals surface area contributed by atoms with Crippen molar-refractivity contribution >= 4 is 5.91 Å². The average molecular weight is 332 g/mol. The molecule has 0 fully saturated rings. The second-order valence-corrected chi connectivity index (χ2v) is 5.05. The van der Waals surface area contributed by atoms with Crippen LogP contribution in [0.1, 0.15) is 10.5 Å². The van der Waals surface area contributed by atoms with E-state index in [2.05, 4.69) is 32.3 Å². The second kappa shape index (κ2) is 8.31. The van der Waals surface area contributed by atoms with Crippen LogP contribution in [0, 0.1) is 11.8 Å². The minimum absolute atomic E-state index is 0.231. The summed E-state index contributed by atoms with van der Waals surface area (Å²) in [4.78, 5) is 16.0. The normalized spacial score (nSPS) is 9.76. The van der Waals surface area contributed by atoms with Gasteiger partial charge >= 0.3 is 0 Å². The fourth-order valence-corrected chi connectivity index (χ4v) is 2.08. The van der Waals surface area contributed by atoms with E-state index in [0.29, 0.717) is 11.4 Å². The summed E-state index contributed by atoms with van der Waals surface area (Å²) < 4.78 is 5.39. The minimum atomic E-state index is -0.253. The summed E-state index contributed by atoms with van der Waals surface area (Å²) in [5, 5.41) is 9.60. The van der Waals surface area contributed by atoms with Gasteiger partial charge in [0.15, 0.2) is 0 Å². The third kappa shape index (κ3) is 4.69. The van der Waals surface area contributed by atoms with Gasteiger partial charge in [-0.15, -0.1) is 0 Å². The molecule has 0 aliphatic heterocycles. The zero-order valence-electron chi connectivity index (χ0n) is 13.4. The van der Waals surface area contributed by atoms with Crippen molar-refractivity contribution in [3.05, 3.63) is 66.6 Å². The molecule has 25 heavy (non-hydrogen) atoms. The summed E-state index contributed by atoms with van der Waals surface area (Å²) >= 11 is 0. The van der Waals surface area contributed by atoms with E-state index in [0.717, 1.165) is 11.3 Å². The molecule has 6 nitrogen and oxygen atoms in total. The minimum Gasteiger partial charge on any atom is -0.479 e. The number of aromatic amines is 1. The fraction of sp³-hybridized carbons (Fsp3) is 0.105. The molecule has 2 heterocycles. The molecule has 1 amide bonds. The van der Waals surface area contributed by atoms with Gasteiger partial charge in [-0.1, -0.05) is 42.2 Å². The standard InChI is InChI=1S/C19H16N4O2/c24-19(18-13-17(22-23-18)15-7-2-1-3-8-15)21-11-4-5-12-25-16-9-6-10-20-14-16/h1-3,6-10,13-14H,11-12H2,(H,21,24)(H,22,23). The highest BCUT2D eigenvalue weighted by molar-refractivity contribution is 5.93. The number of H-pyrrole nitrogens is 1. The number of amides is 1. The molecule has 1 aromatic carbocycles. The highest BCUT2D eigenvalue weighted by Crippen LogP contribution is 2.16. The van der Waals surface area contributed by atoms with Crippen molar-refractivity contribution in [1.29, 1.82) is 0 Å². The highest BCUT2D eigenvalue weighted by atomic mass is 16.5. The number of pyridine rings is 1. The Bertz CT molecular complexity index is 880. The number of ether oxygens (including phenoxy) is 1. The largest absolute Gasteiger partial charge is 0.479 e. The van der Waals surface area contributed by atoms with Crippen LogP contribution in [0.15, 0.2) is 60.9 Å². The van der Waals surface area contributed by atoms with Crippen LogP contribution in [0.2, 0.25) is 0 Å². The maximum Gasteiger partial charge on any atom is 0.270 e. The Labute approximate surface area is 145 Å². The first-order chi connectivity index (χ1) is 12.3. The highest BCUT2D eigenvalue weighted by Gasteiger charge is 2.09. The van der Waals surface area contributed by atoms with E-state index in [9.17, 15) is 4.79 Å². The second-order valence-electron chi connectivity index (χ2n) is 5.05. The van der Waals surface area contributed by atoms with E-state index in [-0.39, 0.29) is 19.1 Å². The van der Waals surface area contributed by atoms with Crippen LogP contribution in [0.5, 0.6) is 5.75 Å². The van der Waals surface area contributed by atoms with Crippen LogP contribution in [0.4, 0.5) is 0 Å². The summed E-state index contributed by atoms with van der Waals surface area (Å²) in [6, 6.07) is 15.0. The topological polar surface area (TPSA) is 79.9 Å². The van der Waals surface area contributed by atoms with Crippen molar-refractivity contribution in [3.8, 4) is 28.8 Å². The molecule has 0 aliphatic carbocycles. The SMILES string of the molecule is O=C(NCC#CCOc1cccnc1)c1cc(-c2ccccc2)n[nH]1. The molecule has 6 heteroatoms. The Kier molecular flexibility index (Phi) is 5.41. The van der Waals surface area contributed by atoms with Crippen molar-refractivity contribution in [3.63, 3.8) is 0 Å². The molecular formula is C19H16N4O2. The lowest BCUT2D eigenvalue weighted by atomic mass is 10.1. The molecule has 2 aromatic heterocycles. The average Bonchev–Trinajstić information content (AvgIpc) is 3.16. The molecule has 2 N–H and O–H groups in total. The number of benzene rings is 1. The summed E-state index contributed by atoms with van der Waals surface area (Å²) in [7, 11) is 0. The van der Waals surface area contributed by atoms with Crippen molar-refractivity contribution in [2.24, 2.45) is 0 Å². The summed E-state index contributed by atoms with van der Waals surface area (Å²) in [5.41, 5.74) is 2.07. The van der Waals surface area contributed by atoms with Crippen molar-refractivity contribution < 1.29 is 9.53 Å². The Morgan fingerprint density at radius 2 is 2.04 bits per heavy atom. The van der Waals surface area contributed by atoms with Crippen LogP contribution in [-0.4, -0.2) is 34.2 Å². The zero-order chi connectivity index (χ0) is 17.3. The van der Waals surface area contributed by atoms with Crippen molar-refractivity contribution in [2.75, 3.05) is 13.2 Å². The molecule has 0 aliphatic rings. The molecule has 0 unspecified atom stereocenters. The van der Waals surface area contributed by atoms with Gasteiger partial charge in [0.25, 0.3) is 5.91 Å². The molecule has 0 saturated carbocycles. The van der Waals surface area contributed by atoms with E-state index in [1.54, 1.807) is 30.6 Å². The van der Waals surface area contributed by atoms with Gasteiger partial charge in [0.1, 0.15) is 18.1 Å². The number of hydrogen-bond acceptors (Lipinski definition) is 4. The molecule has 3 rings (SSSR count). The summed E-state index contributed by atoms with van der Waals surface area (Å²) in [6.45, 7) is 0.471. The lowest BCUT2D eigenvalue weighted by Crippen LogP contribution is -2.24. The van der Waals surface area contributed by atoms with Gasteiger partial charge in [0, 0.05) is 11.8 Å². The third-order valence-corrected chi connectivity index (χ3v) is 3.30. The van der Waals surface area contributed by atoms with E-state index < -0.39 is 0 Å². The summed E-state index contributed by atoms with van der Waals surface area (Å²) in [6.07, 6.45) is 3.29. The van der Waals surface area contributed by atoms with Crippen molar-refractivity contribution in [1.82, 2.24) is 20.5 Å². The first kappa shape index (κ1) is 16.3. The number of aromatic nitrogens is 3. The molecule has 124 valence electrons. The Balaban J connectivity index is 1.46. The van der Waals surface area contributed by atoms with Gasteiger partial charge < -0.3 is 10.1 Å². The van der Waals surface area contributed by atoms with Crippen LogP contribution in [0.3, 0.4) is 0 Å². The van der Waals surface area contributed by atoms with Gasteiger partial charge in [0.2, 0.25) is 0 Å². The smallest absolute Gasteiger partial charge is 0.270 e. The number of rotatable bonds is 5. The molecule has 3 aromatic rings. The van der Waals surface area contributed by atoms with Crippen LogP contribution in [0.25, 0.3) is 11.3 Å². The lowest BCUT2D eigenvalue weighted by Gasteiger charge is -1.99. The predicted molar refractivity (Wildman–Crippen MR) is 93.9 cm³/mol. The molecule has 0 bridgehead atoms. The van der Waals surface area contributed by atoms with Gasteiger partial charge in [-0.25, -0.2) is 0 Å². The van der Waals surface area contributed by atoms with E-state index >= 15 is 0 Å². The third-order valence-electron chi connectivity index (χ3n) is 3.30. The first-order valence-corrected chi connectivity index (χ1v) is 7.70. The van der Waals surface area contributed by atoms with Gasteiger partial charge in [-0.3, -0.25) is 14.9 Å². The van der Waals surface area contributed by atoms with Crippen LogP contribution < -0.4 is 10.1 Å². The maximum absolute atomic E-state index is 12.1. The number of nitrogens with zero attached hydrogens (tertiary/aromatic N) is 2. The Morgan fingerprint density at radius 1 is 1.16 bits per heavy atom. The summed E-state index contributed by atoms with van der Waals surface area (Å²) in [5.74, 6) is 6.07. The molecular weight excluding hydrogens is 316 g/mol. The van der Waals surface area contributed by atoms with Crippen LogP contribution in [-0.2, 0) is 0 Å². The fourth-order valence-electron chi connectivity index (χ4n) is 2.08. The number of nitrogens with one attached hydrogen (secondary N) is 2. The van der Waals surface area contributed by atoms with Crippen LogP contribution >= 0.6 is 0 Å². The lowest BCUT2D eigenvalue weighted by molar-refractivity contribution is 0.0953. The number of hydrogen-bond donors (Lipinski definition) is 2.